The summed E-state index contributed by atoms with van der Waals surface area (Å²) < 4.78 is 1.50. The van der Waals surface area contributed by atoms with Crippen LogP contribution in [0, 0.1) is 9.81 Å². The molecule has 0 radical (unpaired) electrons. The third kappa shape index (κ3) is 1.26. The average molecular weight is 176 g/mol. The van der Waals surface area contributed by atoms with Crippen molar-refractivity contribution in [3.05, 3.63) is 46.4 Å². The molecule has 13 heavy (non-hydrogen) atoms. The van der Waals surface area contributed by atoms with E-state index in [1.165, 1.54) is 6.20 Å². The Morgan fingerprint density at radius 3 is 2.54 bits per heavy atom. The Morgan fingerprint density at radius 1 is 1.08 bits per heavy atom. The molecule has 64 valence electrons. The molecular weight excluding hydrogens is 168 g/mol. The summed E-state index contributed by atoms with van der Waals surface area (Å²) >= 11 is 0. The van der Waals surface area contributed by atoms with Crippen LogP contribution >= 0.6 is 0 Å². The summed E-state index contributed by atoms with van der Waals surface area (Å²) in [6, 6.07) is 6.74. The number of hydrogen-bond donors (Lipinski definition) is 0. The van der Waals surface area contributed by atoms with Gasteiger partial charge < -0.3 is 0 Å². The third-order valence-corrected chi connectivity index (χ3v) is 1.90. The maximum atomic E-state index is 11.4. The molecule has 1 aliphatic heterocycles. The van der Waals surface area contributed by atoms with Crippen molar-refractivity contribution in [3.8, 4) is 0 Å². The van der Waals surface area contributed by atoms with Gasteiger partial charge in [0.1, 0.15) is 0 Å². The molecular formula is C9H8N2O2+2. The molecule has 0 saturated heterocycles. The number of para-hydroxylation sites is 2. The Labute approximate surface area is 74.6 Å². The summed E-state index contributed by atoms with van der Waals surface area (Å²) in [5, 5.41) is 0. The summed E-state index contributed by atoms with van der Waals surface area (Å²) in [6.45, 7) is 0.218. The monoisotopic (exact) mass is 176 g/mol. The Morgan fingerprint density at radius 2 is 1.77 bits per heavy atom. The van der Waals surface area contributed by atoms with Crippen LogP contribution in [0.4, 0.5) is 11.4 Å². The molecule has 0 unspecified atom stereocenters. The summed E-state index contributed by atoms with van der Waals surface area (Å²) in [6.07, 6.45) is 2.90. The Kier molecular flexibility index (Phi) is 1.73. The van der Waals surface area contributed by atoms with Crippen molar-refractivity contribution in [3.63, 3.8) is 0 Å². The minimum atomic E-state index is 0.218. The van der Waals surface area contributed by atoms with Gasteiger partial charge in [-0.15, -0.1) is 0 Å². The van der Waals surface area contributed by atoms with Crippen LogP contribution in [0.25, 0.3) is 0 Å². The smallest absolute Gasteiger partial charge is 0.0550 e. The van der Waals surface area contributed by atoms with Crippen molar-refractivity contribution >= 4 is 11.4 Å². The summed E-state index contributed by atoms with van der Waals surface area (Å²) in [7, 11) is 0. The van der Waals surface area contributed by atoms with Crippen LogP contribution in [0.5, 0.6) is 0 Å². The first-order valence-corrected chi connectivity index (χ1v) is 3.96. The quantitative estimate of drug-likeness (QED) is 0.567. The molecule has 2 rings (SSSR count). The number of benzene rings is 1. The zero-order valence-corrected chi connectivity index (χ0v) is 6.88. The van der Waals surface area contributed by atoms with Gasteiger partial charge in [-0.2, -0.15) is 0 Å². The van der Waals surface area contributed by atoms with E-state index < -0.39 is 0 Å². The first-order valence-electron chi connectivity index (χ1n) is 3.96. The van der Waals surface area contributed by atoms with E-state index >= 15 is 0 Å². The topological polar surface area (TPSA) is 40.2 Å². The van der Waals surface area contributed by atoms with E-state index in [1.807, 2.05) is 0 Å². The maximum absolute atomic E-state index is 11.4. The Balaban J connectivity index is 2.64. The van der Waals surface area contributed by atoms with Crippen molar-refractivity contribution in [2.45, 2.75) is 0 Å². The largest absolute Gasteiger partial charge is 0.337 e. The van der Waals surface area contributed by atoms with Gasteiger partial charge >= 0.3 is 11.4 Å². The van der Waals surface area contributed by atoms with Crippen molar-refractivity contribution in [2.24, 2.45) is 0 Å². The van der Waals surface area contributed by atoms with E-state index in [4.69, 9.17) is 0 Å². The zero-order chi connectivity index (χ0) is 9.26. The normalized spacial score (nSPS) is 15.4. The minimum Gasteiger partial charge on any atom is -0.0550 e. The van der Waals surface area contributed by atoms with Crippen LogP contribution in [0.3, 0.4) is 0 Å². The highest BCUT2D eigenvalue weighted by atomic mass is 16.3. The highest BCUT2D eigenvalue weighted by Gasteiger charge is 2.30. The maximum Gasteiger partial charge on any atom is 0.337 e. The molecule has 0 amide bonds. The molecule has 1 aromatic carbocycles. The molecule has 1 aromatic rings. The van der Waals surface area contributed by atoms with Crippen LogP contribution in [0.15, 0.2) is 36.5 Å². The van der Waals surface area contributed by atoms with Crippen molar-refractivity contribution in [1.82, 2.24) is 0 Å². The molecule has 1 aliphatic rings. The fraction of sp³-hybridized carbons (Fsp3) is 0.111. The predicted molar refractivity (Wildman–Crippen MR) is 47.0 cm³/mol. The molecule has 0 aromatic heterocycles. The first kappa shape index (κ1) is 7.79. The molecule has 0 bridgehead atoms. The molecule has 0 fully saturated rings. The first-order chi connectivity index (χ1) is 6.29. The number of nitrogens with zero attached hydrogens (tertiary/aromatic N) is 2. The van der Waals surface area contributed by atoms with Crippen LogP contribution in [-0.2, 0) is 0 Å². The summed E-state index contributed by atoms with van der Waals surface area (Å²) in [5.41, 5.74) is 0.814. The third-order valence-electron chi connectivity index (χ3n) is 1.90. The predicted octanol–water partition coefficient (Wildman–Crippen LogP) is 2.03. The lowest BCUT2D eigenvalue weighted by molar-refractivity contribution is -0.457. The van der Waals surface area contributed by atoms with Crippen LogP contribution in [-0.4, -0.2) is 16.1 Å². The van der Waals surface area contributed by atoms with E-state index in [-0.39, 0.29) is 6.54 Å². The lowest BCUT2D eigenvalue weighted by Crippen LogP contribution is -1.99. The van der Waals surface area contributed by atoms with Gasteiger partial charge in [-0.1, -0.05) is 12.1 Å². The number of nitroso groups, excluding NO2 is 2. The van der Waals surface area contributed by atoms with E-state index in [2.05, 4.69) is 0 Å². The van der Waals surface area contributed by atoms with Gasteiger partial charge in [0, 0.05) is 26.7 Å². The van der Waals surface area contributed by atoms with Crippen LogP contribution in [0.1, 0.15) is 0 Å². The molecule has 0 aliphatic carbocycles. The fourth-order valence-corrected chi connectivity index (χ4v) is 1.28. The molecule has 0 N–H and O–H groups in total. The number of rotatable bonds is 0. The van der Waals surface area contributed by atoms with Gasteiger partial charge in [-0.3, -0.25) is 0 Å². The van der Waals surface area contributed by atoms with E-state index in [9.17, 15) is 9.81 Å². The lowest BCUT2D eigenvalue weighted by atomic mass is 10.2. The zero-order valence-electron chi connectivity index (χ0n) is 6.88. The highest BCUT2D eigenvalue weighted by Crippen LogP contribution is 2.27. The average Bonchev–Trinajstić information content (AvgIpc) is 2.29. The second kappa shape index (κ2) is 2.90. The molecule has 4 nitrogen and oxygen atoms in total. The second-order valence-electron chi connectivity index (χ2n) is 2.76. The Hall–Kier alpha value is -1.84. The molecule has 1 heterocycles. The molecule has 4 heteroatoms. The van der Waals surface area contributed by atoms with Gasteiger partial charge in [0.2, 0.25) is 12.7 Å². The van der Waals surface area contributed by atoms with Crippen LogP contribution < -0.4 is 0 Å². The second-order valence-corrected chi connectivity index (χ2v) is 2.76. The Bertz CT molecular complexity index is 410. The van der Waals surface area contributed by atoms with Crippen LogP contribution in [0.2, 0.25) is 0 Å². The van der Waals surface area contributed by atoms with Crippen molar-refractivity contribution < 1.29 is 9.52 Å². The van der Waals surface area contributed by atoms with Gasteiger partial charge in [-0.05, 0) is 0 Å². The van der Waals surface area contributed by atoms with Gasteiger partial charge in [0.25, 0.3) is 0 Å². The molecule has 0 saturated carbocycles. The highest BCUT2D eigenvalue weighted by molar-refractivity contribution is 5.52. The van der Waals surface area contributed by atoms with E-state index in [1.54, 1.807) is 30.3 Å². The SMILES string of the molecule is O=[N+]1C=CC[N+](=O)c2ccccc21. The summed E-state index contributed by atoms with van der Waals surface area (Å²) in [5.74, 6) is 0. The summed E-state index contributed by atoms with van der Waals surface area (Å²) in [4.78, 5) is 22.7. The van der Waals surface area contributed by atoms with E-state index in [0.717, 1.165) is 4.76 Å². The van der Waals surface area contributed by atoms with Crippen molar-refractivity contribution in [1.29, 1.82) is 0 Å². The van der Waals surface area contributed by atoms with Gasteiger partial charge in [-0.25, -0.2) is 0 Å². The van der Waals surface area contributed by atoms with Gasteiger partial charge in [0.15, 0.2) is 0 Å². The number of fused-ring (bicyclic) bond motifs is 1. The fourth-order valence-electron chi connectivity index (χ4n) is 1.28. The molecule has 0 atom stereocenters. The lowest BCUT2D eigenvalue weighted by Gasteiger charge is -1.87. The number of hydrogen-bond acceptors (Lipinski definition) is 2. The minimum absolute atomic E-state index is 0.218. The van der Waals surface area contributed by atoms with Gasteiger partial charge in [0.05, 0.1) is 10.8 Å². The standard InChI is InChI=1S/C9H8N2O2/c12-10-6-3-7-11(13)9-5-2-1-4-8(9)10/h1-6H,7H2/q+2. The van der Waals surface area contributed by atoms with E-state index in [0.29, 0.717) is 16.1 Å². The molecule has 0 spiro atoms. The van der Waals surface area contributed by atoms with Crippen molar-refractivity contribution in [2.75, 3.05) is 6.54 Å².